The van der Waals surface area contributed by atoms with Crippen LogP contribution in [0.25, 0.3) is 0 Å². The fourth-order valence-electron chi connectivity index (χ4n) is 0.680. The molecule has 0 saturated carbocycles. The topological polar surface area (TPSA) is 27.7 Å². The summed E-state index contributed by atoms with van der Waals surface area (Å²) in [5.41, 5.74) is 0. The Morgan fingerprint density at radius 1 is 0.889 bits per heavy atom. The summed E-state index contributed by atoms with van der Waals surface area (Å²) in [6.45, 7) is 5.68. The van der Waals surface area contributed by atoms with Gasteiger partial charge in [-0.2, -0.15) is 0 Å². The van der Waals surface area contributed by atoms with E-state index in [-0.39, 0.29) is 18.5 Å². The zero-order chi connectivity index (χ0) is 6.85. The first-order chi connectivity index (χ1) is 4.20. The summed E-state index contributed by atoms with van der Waals surface area (Å²) in [4.78, 5) is 9.62. The van der Waals surface area contributed by atoms with Gasteiger partial charge in [0.15, 0.2) is 6.29 Å². The molecule has 0 aromatic carbocycles. The summed E-state index contributed by atoms with van der Waals surface area (Å²) in [6.07, 6.45) is -0.0499. The van der Waals surface area contributed by atoms with Gasteiger partial charge in [0, 0.05) is 0 Å². The van der Waals surface area contributed by atoms with Crippen molar-refractivity contribution in [3.05, 3.63) is 0 Å². The SMILES string of the molecule is CC1OO[C@H](C)O[C@H]1C. The molecule has 1 unspecified atom stereocenters. The Balaban J connectivity index is 2.35. The van der Waals surface area contributed by atoms with Crippen LogP contribution >= 0.6 is 0 Å². The second-order valence-corrected chi connectivity index (χ2v) is 2.31. The number of hydrogen-bond acceptors (Lipinski definition) is 3. The van der Waals surface area contributed by atoms with Gasteiger partial charge in [-0.25, -0.2) is 9.78 Å². The van der Waals surface area contributed by atoms with E-state index in [1.165, 1.54) is 0 Å². The molecule has 0 radical (unpaired) electrons. The molecule has 9 heavy (non-hydrogen) atoms. The van der Waals surface area contributed by atoms with E-state index in [9.17, 15) is 0 Å². The zero-order valence-electron chi connectivity index (χ0n) is 5.96. The van der Waals surface area contributed by atoms with Gasteiger partial charge in [0.25, 0.3) is 0 Å². The van der Waals surface area contributed by atoms with Crippen LogP contribution in [0.3, 0.4) is 0 Å². The molecule has 3 heteroatoms. The molecule has 1 rings (SSSR count). The van der Waals surface area contributed by atoms with Gasteiger partial charge >= 0.3 is 0 Å². The molecule has 1 heterocycles. The Bertz CT molecular complexity index is 94.3. The van der Waals surface area contributed by atoms with E-state index < -0.39 is 0 Å². The highest BCUT2D eigenvalue weighted by atomic mass is 17.2. The molecule has 1 aliphatic heterocycles. The van der Waals surface area contributed by atoms with Crippen LogP contribution in [-0.2, 0) is 14.5 Å². The van der Waals surface area contributed by atoms with Gasteiger partial charge in [-0.3, -0.25) is 0 Å². The highest BCUT2D eigenvalue weighted by Crippen LogP contribution is 2.14. The Kier molecular flexibility index (Phi) is 2.05. The smallest absolute Gasteiger partial charge is 0.188 e. The van der Waals surface area contributed by atoms with Crippen molar-refractivity contribution in [1.29, 1.82) is 0 Å². The van der Waals surface area contributed by atoms with Crippen LogP contribution in [0.4, 0.5) is 0 Å². The first kappa shape index (κ1) is 6.99. The summed E-state index contributed by atoms with van der Waals surface area (Å²) in [5.74, 6) is 0. The minimum atomic E-state index is -0.226. The molecule has 0 spiro atoms. The van der Waals surface area contributed by atoms with Gasteiger partial charge < -0.3 is 4.74 Å². The molecule has 0 aromatic heterocycles. The number of hydrogen-bond donors (Lipinski definition) is 0. The van der Waals surface area contributed by atoms with E-state index >= 15 is 0 Å². The van der Waals surface area contributed by atoms with Crippen LogP contribution in [0.15, 0.2) is 0 Å². The normalized spacial score (nSPS) is 45.0. The van der Waals surface area contributed by atoms with Gasteiger partial charge in [-0.05, 0) is 20.8 Å². The predicted octanol–water partition coefficient (Wildman–Crippen LogP) is 1.09. The molecule has 1 fully saturated rings. The Hall–Kier alpha value is -0.120. The van der Waals surface area contributed by atoms with Crippen molar-refractivity contribution in [3.63, 3.8) is 0 Å². The second kappa shape index (κ2) is 2.64. The van der Waals surface area contributed by atoms with Gasteiger partial charge in [-0.1, -0.05) is 0 Å². The van der Waals surface area contributed by atoms with Gasteiger partial charge in [-0.15, -0.1) is 0 Å². The van der Waals surface area contributed by atoms with Crippen LogP contribution in [0.2, 0.25) is 0 Å². The third kappa shape index (κ3) is 1.64. The Morgan fingerprint density at radius 2 is 1.56 bits per heavy atom. The minimum absolute atomic E-state index is 0.0428. The highest BCUT2D eigenvalue weighted by molar-refractivity contribution is 4.60. The highest BCUT2D eigenvalue weighted by Gasteiger charge is 2.23. The van der Waals surface area contributed by atoms with E-state index in [1.54, 1.807) is 0 Å². The van der Waals surface area contributed by atoms with E-state index in [4.69, 9.17) is 14.5 Å². The molecule has 3 atom stereocenters. The first-order valence-electron chi connectivity index (χ1n) is 3.17. The molecule has 0 amide bonds. The van der Waals surface area contributed by atoms with Gasteiger partial charge in [0.2, 0.25) is 0 Å². The summed E-state index contributed by atoms with van der Waals surface area (Å²) in [5, 5.41) is 0. The number of ether oxygens (including phenoxy) is 1. The average molecular weight is 132 g/mol. The predicted molar refractivity (Wildman–Crippen MR) is 31.6 cm³/mol. The molecule has 54 valence electrons. The van der Waals surface area contributed by atoms with E-state index in [2.05, 4.69) is 0 Å². The molecule has 0 aromatic rings. The standard InChI is InChI=1S/C6H12O3/c1-4-5(2)8-9-6(3)7-4/h4-6H,1-3H3/t4-,5?,6+/m0/s1. The molecular formula is C6H12O3. The molecule has 0 N–H and O–H groups in total. The maximum Gasteiger partial charge on any atom is 0.188 e. The molecule has 0 aliphatic carbocycles. The maximum absolute atomic E-state index is 5.25. The third-order valence-corrected chi connectivity index (χ3v) is 1.41. The van der Waals surface area contributed by atoms with Crippen molar-refractivity contribution in [3.8, 4) is 0 Å². The summed E-state index contributed by atoms with van der Waals surface area (Å²) >= 11 is 0. The van der Waals surface area contributed by atoms with Gasteiger partial charge in [0.05, 0.1) is 6.10 Å². The lowest BCUT2D eigenvalue weighted by Crippen LogP contribution is -2.37. The Labute approximate surface area is 54.8 Å². The largest absolute Gasteiger partial charge is 0.344 e. The van der Waals surface area contributed by atoms with Crippen LogP contribution in [-0.4, -0.2) is 18.5 Å². The van der Waals surface area contributed by atoms with Crippen molar-refractivity contribution in [2.45, 2.75) is 39.3 Å². The van der Waals surface area contributed by atoms with Crippen LogP contribution < -0.4 is 0 Å². The minimum Gasteiger partial charge on any atom is -0.344 e. The van der Waals surface area contributed by atoms with E-state index in [0.717, 1.165) is 0 Å². The Morgan fingerprint density at radius 3 is 2.00 bits per heavy atom. The lowest BCUT2D eigenvalue weighted by molar-refractivity contribution is -0.448. The zero-order valence-corrected chi connectivity index (χ0v) is 5.96. The first-order valence-corrected chi connectivity index (χ1v) is 3.17. The van der Waals surface area contributed by atoms with Crippen LogP contribution in [0.5, 0.6) is 0 Å². The summed E-state index contributed by atoms with van der Waals surface area (Å²) in [7, 11) is 0. The lowest BCUT2D eigenvalue weighted by atomic mass is 10.2. The second-order valence-electron chi connectivity index (χ2n) is 2.31. The van der Waals surface area contributed by atoms with Crippen LogP contribution in [0, 0.1) is 0 Å². The molecular weight excluding hydrogens is 120 g/mol. The number of rotatable bonds is 0. The quantitative estimate of drug-likeness (QED) is 0.462. The summed E-state index contributed by atoms with van der Waals surface area (Å²) in [6, 6.07) is 0. The molecule has 0 bridgehead atoms. The van der Waals surface area contributed by atoms with Crippen molar-refractivity contribution in [2.24, 2.45) is 0 Å². The van der Waals surface area contributed by atoms with Crippen molar-refractivity contribution in [2.75, 3.05) is 0 Å². The van der Waals surface area contributed by atoms with Crippen molar-refractivity contribution >= 4 is 0 Å². The molecule has 1 saturated heterocycles. The van der Waals surface area contributed by atoms with Gasteiger partial charge in [0.1, 0.15) is 6.10 Å². The van der Waals surface area contributed by atoms with E-state index in [0.29, 0.717) is 0 Å². The van der Waals surface area contributed by atoms with Crippen molar-refractivity contribution in [1.82, 2.24) is 0 Å². The molecule has 3 nitrogen and oxygen atoms in total. The average Bonchev–Trinajstić information content (AvgIpc) is 1.80. The molecule has 1 aliphatic rings. The summed E-state index contributed by atoms with van der Waals surface area (Å²) < 4.78 is 5.25. The lowest BCUT2D eigenvalue weighted by Gasteiger charge is -2.29. The fourth-order valence-corrected chi connectivity index (χ4v) is 0.680. The maximum atomic E-state index is 5.25. The third-order valence-electron chi connectivity index (χ3n) is 1.41. The van der Waals surface area contributed by atoms with Crippen LogP contribution in [0.1, 0.15) is 20.8 Å². The van der Waals surface area contributed by atoms with Crippen molar-refractivity contribution < 1.29 is 14.5 Å². The monoisotopic (exact) mass is 132 g/mol. The van der Waals surface area contributed by atoms with E-state index in [1.807, 2.05) is 20.8 Å². The fraction of sp³-hybridized carbons (Fsp3) is 1.00.